The first kappa shape index (κ1) is 25.6. The molecule has 1 amide bonds. The topological polar surface area (TPSA) is 85.2 Å². The van der Waals surface area contributed by atoms with Gasteiger partial charge in [0.25, 0.3) is 5.91 Å². The largest absolute Gasteiger partial charge is 0.460 e. The number of nitrogens with zero attached hydrogens (tertiary/aromatic N) is 5. The molecule has 1 unspecified atom stereocenters. The van der Waals surface area contributed by atoms with Gasteiger partial charge in [-0.05, 0) is 60.6 Å². The summed E-state index contributed by atoms with van der Waals surface area (Å²) in [6, 6.07) is 15.0. The molecule has 2 aromatic heterocycles. The zero-order valence-corrected chi connectivity index (χ0v) is 22.0. The molecule has 38 heavy (non-hydrogen) atoms. The molecule has 198 valence electrons. The molecule has 0 saturated carbocycles. The van der Waals surface area contributed by atoms with Gasteiger partial charge in [0.2, 0.25) is 0 Å². The monoisotopic (exact) mass is 516 g/mol. The number of ether oxygens (including phenoxy) is 1. The molecule has 3 heterocycles. The van der Waals surface area contributed by atoms with Gasteiger partial charge in [0, 0.05) is 44.5 Å². The fourth-order valence-corrected chi connectivity index (χ4v) is 4.91. The smallest absolute Gasteiger partial charge is 0.319 e. The maximum atomic E-state index is 13.4. The maximum Gasteiger partial charge on any atom is 0.319 e. The lowest BCUT2D eigenvalue weighted by Crippen LogP contribution is -2.34. The number of nitrogens with one attached hydrogen (secondary N) is 1. The van der Waals surface area contributed by atoms with Crippen LogP contribution in [0.15, 0.2) is 54.9 Å². The van der Waals surface area contributed by atoms with Crippen LogP contribution in [0, 0.1) is 0 Å². The molecule has 8 nitrogen and oxygen atoms in total. The van der Waals surface area contributed by atoms with Crippen molar-refractivity contribution < 1.29 is 13.9 Å². The molecular weight excluding hydrogens is 483 g/mol. The summed E-state index contributed by atoms with van der Waals surface area (Å²) >= 11 is 0. The minimum atomic E-state index is -1.16. The predicted octanol–water partition coefficient (Wildman–Crippen LogP) is 4.90. The average Bonchev–Trinajstić information content (AvgIpc) is 3.37. The van der Waals surface area contributed by atoms with E-state index in [0.29, 0.717) is 18.3 Å². The number of aryl methyl sites for hydroxylation is 1. The third-order valence-corrected chi connectivity index (χ3v) is 6.90. The van der Waals surface area contributed by atoms with Crippen molar-refractivity contribution in [3.8, 4) is 17.1 Å². The predicted molar refractivity (Wildman–Crippen MR) is 146 cm³/mol. The Balaban J connectivity index is 1.32. The highest BCUT2D eigenvalue weighted by molar-refractivity contribution is 5.93. The molecule has 1 N–H and O–H groups in total. The number of piperidine rings is 1. The SMILES string of the molecule is CCNC(=O)c1cc(N2CCC(c3ccc4ccc(-c5cnn(C)c5)cc4c3)CC2)nc(OCC(C)F)n1. The van der Waals surface area contributed by atoms with Gasteiger partial charge in [-0.2, -0.15) is 15.1 Å². The fraction of sp³-hybridized carbons (Fsp3) is 0.379. The Morgan fingerprint density at radius 2 is 1.89 bits per heavy atom. The van der Waals surface area contributed by atoms with E-state index < -0.39 is 6.17 Å². The van der Waals surface area contributed by atoms with Gasteiger partial charge in [0.15, 0.2) is 0 Å². The molecule has 1 fully saturated rings. The van der Waals surface area contributed by atoms with Crippen molar-refractivity contribution in [2.24, 2.45) is 7.05 Å². The van der Waals surface area contributed by atoms with E-state index in [-0.39, 0.29) is 24.2 Å². The zero-order valence-electron chi connectivity index (χ0n) is 22.0. The Hall–Kier alpha value is -4.01. The van der Waals surface area contributed by atoms with Crippen LogP contribution in [-0.4, -0.2) is 58.1 Å². The summed E-state index contributed by atoms with van der Waals surface area (Å²) in [6.07, 6.45) is 4.66. The summed E-state index contributed by atoms with van der Waals surface area (Å²) in [5, 5.41) is 9.50. The second-order valence-electron chi connectivity index (χ2n) is 9.83. The van der Waals surface area contributed by atoms with E-state index in [4.69, 9.17) is 4.74 Å². The molecule has 5 rings (SSSR count). The van der Waals surface area contributed by atoms with Crippen molar-refractivity contribution in [2.45, 2.75) is 38.8 Å². The number of carbonyl (C=O) groups is 1. The lowest BCUT2D eigenvalue weighted by atomic mass is 9.88. The van der Waals surface area contributed by atoms with Crippen molar-refractivity contribution in [1.82, 2.24) is 25.1 Å². The summed E-state index contributed by atoms with van der Waals surface area (Å²) in [5.74, 6) is 0.748. The van der Waals surface area contributed by atoms with Crippen LogP contribution in [0.2, 0.25) is 0 Å². The molecule has 1 saturated heterocycles. The molecule has 0 radical (unpaired) electrons. The summed E-state index contributed by atoms with van der Waals surface area (Å²) in [5.41, 5.74) is 3.81. The molecule has 1 aliphatic rings. The normalized spacial score (nSPS) is 15.0. The quantitative estimate of drug-likeness (QED) is 0.359. The molecule has 0 bridgehead atoms. The van der Waals surface area contributed by atoms with Gasteiger partial charge in [-0.25, -0.2) is 4.39 Å². The molecule has 4 aromatic rings. The molecule has 2 aromatic carbocycles. The Morgan fingerprint density at radius 1 is 1.11 bits per heavy atom. The van der Waals surface area contributed by atoms with Gasteiger partial charge in [-0.1, -0.05) is 30.3 Å². The first-order chi connectivity index (χ1) is 18.4. The van der Waals surface area contributed by atoms with Crippen molar-refractivity contribution in [2.75, 3.05) is 31.1 Å². The molecule has 1 atom stereocenters. The van der Waals surface area contributed by atoms with Crippen LogP contribution in [-0.2, 0) is 7.05 Å². The number of amides is 1. The molecule has 9 heteroatoms. The molecule has 0 aliphatic carbocycles. The van der Waals surface area contributed by atoms with Crippen LogP contribution < -0.4 is 15.0 Å². The number of halogens is 1. The lowest BCUT2D eigenvalue weighted by Gasteiger charge is -2.33. The summed E-state index contributed by atoms with van der Waals surface area (Å²) in [4.78, 5) is 23.3. The third-order valence-electron chi connectivity index (χ3n) is 6.90. The standard InChI is InChI=1S/C29H33FN6O2/c1-4-31-28(37)26-15-27(34-29(33-26)38-18-19(2)30)36-11-9-21(10-12-36)22-7-5-20-6-8-23(14-24(20)13-22)25-16-32-35(3)17-25/h5-8,13-17,19,21H,4,9-12,18H2,1-3H3,(H,31,37). The van der Waals surface area contributed by atoms with Gasteiger partial charge in [0.1, 0.15) is 24.3 Å². The highest BCUT2D eigenvalue weighted by Gasteiger charge is 2.24. The van der Waals surface area contributed by atoms with Crippen molar-refractivity contribution in [3.05, 3.63) is 66.1 Å². The number of alkyl halides is 1. The van der Waals surface area contributed by atoms with Gasteiger partial charge >= 0.3 is 6.01 Å². The van der Waals surface area contributed by atoms with Crippen LogP contribution in [0.25, 0.3) is 21.9 Å². The van der Waals surface area contributed by atoms with Crippen molar-refractivity contribution in [1.29, 1.82) is 0 Å². The number of anilines is 1. The van der Waals surface area contributed by atoms with E-state index in [1.807, 2.05) is 31.0 Å². The zero-order chi connectivity index (χ0) is 26.6. The average molecular weight is 517 g/mol. The van der Waals surface area contributed by atoms with Crippen LogP contribution >= 0.6 is 0 Å². The Morgan fingerprint density at radius 3 is 2.61 bits per heavy atom. The summed E-state index contributed by atoms with van der Waals surface area (Å²) < 4.78 is 20.6. The van der Waals surface area contributed by atoms with Crippen molar-refractivity contribution in [3.63, 3.8) is 0 Å². The van der Waals surface area contributed by atoms with Crippen molar-refractivity contribution >= 4 is 22.5 Å². The number of benzene rings is 2. The number of rotatable bonds is 8. The van der Waals surface area contributed by atoms with Gasteiger partial charge in [-0.15, -0.1) is 0 Å². The lowest BCUT2D eigenvalue weighted by molar-refractivity contribution is 0.0949. The number of fused-ring (bicyclic) bond motifs is 1. The highest BCUT2D eigenvalue weighted by atomic mass is 19.1. The van der Waals surface area contributed by atoms with Gasteiger partial charge < -0.3 is 15.0 Å². The highest BCUT2D eigenvalue weighted by Crippen LogP contribution is 2.33. The fourth-order valence-electron chi connectivity index (χ4n) is 4.91. The minimum Gasteiger partial charge on any atom is -0.460 e. The molecule has 1 aliphatic heterocycles. The number of hydrogen-bond donors (Lipinski definition) is 1. The number of hydrogen-bond acceptors (Lipinski definition) is 6. The maximum absolute atomic E-state index is 13.4. The van der Waals surface area contributed by atoms with Crippen LogP contribution in [0.3, 0.4) is 0 Å². The summed E-state index contributed by atoms with van der Waals surface area (Å²) in [6.45, 7) is 5.14. The minimum absolute atomic E-state index is 0.0225. The van der Waals surface area contributed by atoms with Crippen LogP contribution in [0.4, 0.5) is 10.2 Å². The van der Waals surface area contributed by atoms with Gasteiger partial charge in [0.05, 0.1) is 6.20 Å². The van der Waals surface area contributed by atoms with E-state index in [2.05, 4.69) is 61.7 Å². The number of aromatic nitrogens is 4. The van der Waals surface area contributed by atoms with E-state index in [1.165, 1.54) is 23.3 Å². The second-order valence-corrected chi connectivity index (χ2v) is 9.83. The number of carbonyl (C=O) groups excluding carboxylic acids is 1. The first-order valence-electron chi connectivity index (χ1n) is 13.1. The third kappa shape index (κ3) is 5.77. The Labute approximate surface area is 221 Å². The van der Waals surface area contributed by atoms with E-state index in [1.54, 1.807) is 6.07 Å². The summed E-state index contributed by atoms with van der Waals surface area (Å²) in [7, 11) is 1.93. The second kappa shape index (κ2) is 11.2. The van der Waals surface area contributed by atoms with Crippen LogP contribution in [0.5, 0.6) is 6.01 Å². The van der Waals surface area contributed by atoms with E-state index in [0.717, 1.165) is 37.1 Å². The molecule has 0 spiro atoms. The van der Waals surface area contributed by atoms with E-state index >= 15 is 0 Å². The van der Waals surface area contributed by atoms with Crippen LogP contribution in [0.1, 0.15) is 48.7 Å². The Bertz CT molecular complexity index is 1430. The van der Waals surface area contributed by atoms with Gasteiger partial charge in [-0.3, -0.25) is 9.48 Å². The van der Waals surface area contributed by atoms with E-state index in [9.17, 15) is 9.18 Å². The first-order valence-corrected chi connectivity index (χ1v) is 13.1. The Kier molecular flexibility index (Phi) is 7.53. The molecular formula is C29H33FN6O2.